The van der Waals surface area contributed by atoms with Crippen LogP contribution >= 0.6 is 11.6 Å². The average molecular weight is 343 g/mol. The van der Waals surface area contributed by atoms with Crippen molar-refractivity contribution in [3.05, 3.63) is 80.0 Å². The molecule has 3 rings (SSSR count). The first-order chi connectivity index (χ1) is 11.4. The number of carbonyl (C=O) groups excluding carboxylic acids is 1. The van der Waals surface area contributed by atoms with Gasteiger partial charge in [0.1, 0.15) is 0 Å². The standard InChI is InChI=1S/C17H11ClN2O4/c1-10-5-6-12(9-14(10)18)16-19-15(17(21)24-16)8-11-3-2-4-13(7-11)20(22)23/h2-9H,1H3/b15-8+. The van der Waals surface area contributed by atoms with Crippen LogP contribution < -0.4 is 0 Å². The molecule has 0 radical (unpaired) electrons. The van der Waals surface area contributed by atoms with Crippen molar-refractivity contribution in [3.8, 4) is 0 Å². The van der Waals surface area contributed by atoms with Gasteiger partial charge in [-0.1, -0.05) is 29.8 Å². The summed E-state index contributed by atoms with van der Waals surface area (Å²) in [5, 5.41) is 11.3. The fourth-order valence-electron chi connectivity index (χ4n) is 2.14. The predicted molar refractivity (Wildman–Crippen MR) is 89.9 cm³/mol. The third-order valence-electron chi connectivity index (χ3n) is 3.42. The molecule has 1 aliphatic rings. The van der Waals surface area contributed by atoms with Gasteiger partial charge >= 0.3 is 5.97 Å². The smallest absolute Gasteiger partial charge is 0.363 e. The summed E-state index contributed by atoms with van der Waals surface area (Å²) in [5.74, 6) is -0.466. The van der Waals surface area contributed by atoms with Gasteiger partial charge in [0.2, 0.25) is 5.90 Å². The largest absolute Gasteiger partial charge is 0.402 e. The summed E-state index contributed by atoms with van der Waals surface area (Å²) in [4.78, 5) is 26.4. The second kappa shape index (κ2) is 6.25. The first-order valence-corrected chi connectivity index (χ1v) is 7.35. The van der Waals surface area contributed by atoms with Crippen LogP contribution in [-0.4, -0.2) is 16.8 Å². The van der Waals surface area contributed by atoms with Crippen molar-refractivity contribution in [2.24, 2.45) is 4.99 Å². The van der Waals surface area contributed by atoms with Gasteiger partial charge in [-0.25, -0.2) is 9.79 Å². The molecule has 2 aromatic rings. The van der Waals surface area contributed by atoms with Crippen LogP contribution in [0.25, 0.3) is 6.08 Å². The Balaban J connectivity index is 1.95. The van der Waals surface area contributed by atoms with Gasteiger partial charge in [0.25, 0.3) is 5.69 Å². The SMILES string of the molecule is Cc1ccc(C2=N/C(=C/c3cccc([N+](=O)[O-])c3)C(=O)O2)cc1Cl. The lowest BCUT2D eigenvalue weighted by Gasteiger charge is -2.02. The number of nitrogens with zero attached hydrogens (tertiary/aromatic N) is 2. The number of aryl methyl sites for hydroxylation is 1. The highest BCUT2D eigenvalue weighted by Gasteiger charge is 2.24. The number of aliphatic imine (C=N–C) groups is 1. The molecule has 0 bridgehead atoms. The van der Waals surface area contributed by atoms with Crippen LogP contribution in [0.4, 0.5) is 5.69 Å². The molecule has 0 saturated heterocycles. The molecular formula is C17H11ClN2O4. The second-order valence-electron chi connectivity index (χ2n) is 5.15. The van der Waals surface area contributed by atoms with Crippen LogP contribution in [0.3, 0.4) is 0 Å². The van der Waals surface area contributed by atoms with Crippen LogP contribution in [0.2, 0.25) is 5.02 Å². The van der Waals surface area contributed by atoms with E-state index in [0.717, 1.165) is 5.56 Å². The van der Waals surface area contributed by atoms with Gasteiger partial charge in [-0.15, -0.1) is 0 Å². The van der Waals surface area contributed by atoms with Crippen LogP contribution in [0, 0.1) is 17.0 Å². The predicted octanol–water partition coefficient (Wildman–Crippen LogP) is 3.90. The second-order valence-corrected chi connectivity index (χ2v) is 5.56. The zero-order valence-corrected chi connectivity index (χ0v) is 13.3. The minimum Gasteiger partial charge on any atom is -0.402 e. The van der Waals surface area contributed by atoms with Crippen LogP contribution in [0.1, 0.15) is 16.7 Å². The Morgan fingerprint density at radius 1 is 1.25 bits per heavy atom. The van der Waals surface area contributed by atoms with E-state index >= 15 is 0 Å². The van der Waals surface area contributed by atoms with E-state index in [2.05, 4.69) is 4.99 Å². The Morgan fingerprint density at radius 2 is 2.04 bits per heavy atom. The average Bonchev–Trinajstić information content (AvgIpc) is 2.91. The van der Waals surface area contributed by atoms with Crippen molar-refractivity contribution in [1.82, 2.24) is 0 Å². The molecule has 1 aliphatic heterocycles. The van der Waals surface area contributed by atoms with Gasteiger partial charge in [0.15, 0.2) is 5.70 Å². The summed E-state index contributed by atoms with van der Waals surface area (Å²) in [7, 11) is 0. The van der Waals surface area contributed by atoms with E-state index in [1.807, 2.05) is 6.92 Å². The fourth-order valence-corrected chi connectivity index (χ4v) is 2.33. The molecule has 0 fully saturated rings. The topological polar surface area (TPSA) is 81.8 Å². The molecule has 24 heavy (non-hydrogen) atoms. The summed E-state index contributed by atoms with van der Waals surface area (Å²) in [6.07, 6.45) is 1.44. The third-order valence-corrected chi connectivity index (χ3v) is 3.83. The number of halogens is 1. The molecule has 6 nitrogen and oxygen atoms in total. The van der Waals surface area contributed by atoms with Crippen molar-refractivity contribution in [2.45, 2.75) is 6.92 Å². The summed E-state index contributed by atoms with van der Waals surface area (Å²) < 4.78 is 5.16. The summed E-state index contributed by atoms with van der Waals surface area (Å²) in [6, 6.07) is 11.1. The molecule has 2 aromatic carbocycles. The number of cyclic esters (lactones) is 1. The Kier molecular flexibility index (Phi) is 4.14. The van der Waals surface area contributed by atoms with E-state index in [-0.39, 0.29) is 17.3 Å². The number of nitro groups is 1. The number of nitro benzene ring substituents is 1. The highest BCUT2D eigenvalue weighted by atomic mass is 35.5. The summed E-state index contributed by atoms with van der Waals surface area (Å²) >= 11 is 6.07. The molecule has 0 N–H and O–H groups in total. The van der Waals surface area contributed by atoms with E-state index < -0.39 is 10.9 Å². The molecule has 0 atom stereocenters. The van der Waals surface area contributed by atoms with Gasteiger partial charge in [0, 0.05) is 22.7 Å². The van der Waals surface area contributed by atoms with Crippen molar-refractivity contribution >= 4 is 35.2 Å². The lowest BCUT2D eigenvalue weighted by Crippen LogP contribution is -2.05. The van der Waals surface area contributed by atoms with Crippen molar-refractivity contribution in [2.75, 3.05) is 0 Å². The van der Waals surface area contributed by atoms with Gasteiger partial charge in [-0.3, -0.25) is 10.1 Å². The number of carbonyl (C=O) groups is 1. The van der Waals surface area contributed by atoms with Crippen molar-refractivity contribution in [1.29, 1.82) is 0 Å². The molecule has 0 spiro atoms. The molecule has 0 saturated carbocycles. The summed E-state index contributed by atoms with van der Waals surface area (Å²) in [6.45, 7) is 1.86. The Hall–Kier alpha value is -2.99. The lowest BCUT2D eigenvalue weighted by molar-refractivity contribution is -0.384. The molecule has 120 valence electrons. The van der Waals surface area contributed by atoms with E-state index in [4.69, 9.17) is 16.3 Å². The van der Waals surface area contributed by atoms with E-state index in [1.165, 1.54) is 24.3 Å². The Morgan fingerprint density at radius 3 is 2.75 bits per heavy atom. The fraction of sp³-hybridized carbons (Fsp3) is 0.0588. The Bertz CT molecular complexity index is 919. The number of hydrogen-bond acceptors (Lipinski definition) is 5. The zero-order valence-electron chi connectivity index (χ0n) is 12.5. The maximum absolute atomic E-state index is 12.0. The monoisotopic (exact) mass is 342 g/mol. The minimum absolute atomic E-state index is 0.0646. The number of rotatable bonds is 3. The molecule has 1 heterocycles. The maximum atomic E-state index is 12.0. The zero-order chi connectivity index (χ0) is 17.3. The number of non-ortho nitro benzene ring substituents is 1. The first-order valence-electron chi connectivity index (χ1n) is 6.97. The first kappa shape index (κ1) is 15.9. The molecule has 7 heteroatoms. The van der Waals surface area contributed by atoms with Gasteiger partial charge < -0.3 is 4.74 Å². The minimum atomic E-state index is -0.617. The van der Waals surface area contributed by atoms with Gasteiger partial charge in [-0.05, 0) is 36.3 Å². The van der Waals surface area contributed by atoms with Crippen LogP contribution in [0.5, 0.6) is 0 Å². The summed E-state index contributed by atoms with van der Waals surface area (Å²) in [5.41, 5.74) is 1.98. The lowest BCUT2D eigenvalue weighted by atomic mass is 10.1. The number of benzene rings is 2. The molecule has 0 aromatic heterocycles. The number of ether oxygens (including phenoxy) is 1. The highest BCUT2D eigenvalue weighted by molar-refractivity contribution is 6.31. The highest BCUT2D eigenvalue weighted by Crippen LogP contribution is 2.23. The number of hydrogen-bond donors (Lipinski definition) is 0. The Labute approximate surface area is 142 Å². The van der Waals surface area contributed by atoms with Crippen molar-refractivity contribution < 1.29 is 14.5 Å². The maximum Gasteiger partial charge on any atom is 0.363 e. The van der Waals surface area contributed by atoms with E-state index in [9.17, 15) is 14.9 Å². The molecular weight excluding hydrogens is 332 g/mol. The third kappa shape index (κ3) is 3.18. The van der Waals surface area contributed by atoms with Crippen LogP contribution in [0.15, 0.2) is 53.2 Å². The van der Waals surface area contributed by atoms with E-state index in [1.54, 1.807) is 24.3 Å². The molecule has 0 unspecified atom stereocenters. The number of esters is 1. The van der Waals surface area contributed by atoms with Crippen molar-refractivity contribution in [3.63, 3.8) is 0 Å². The van der Waals surface area contributed by atoms with Crippen LogP contribution in [-0.2, 0) is 9.53 Å². The quantitative estimate of drug-likeness (QED) is 0.366. The van der Waals surface area contributed by atoms with Gasteiger partial charge in [-0.2, -0.15) is 0 Å². The normalized spacial score (nSPS) is 15.3. The molecule has 0 aliphatic carbocycles. The van der Waals surface area contributed by atoms with Gasteiger partial charge in [0.05, 0.1) is 4.92 Å². The molecule has 0 amide bonds. The van der Waals surface area contributed by atoms with E-state index in [0.29, 0.717) is 16.1 Å².